The predicted octanol–water partition coefficient (Wildman–Crippen LogP) is 3.26. The van der Waals surface area contributed by atoms with Crippen molar-refractivity contribution in [3.8, 4) is 0 Å². The molecule has 0 bridgehead atoms. The van der Waals surface area contributed by atoms with Crippen molar-refractivity contribution in [2.45, 2.75) is 33.1 Å². The van der Waals surface area contributed by atoms with E-state index in [2.05, 4.69) is 21.2 Å². The van der Waals surface area contributed by atoms with Gasteiger partial charge in [-0.1, -0.05) is 5.16 Å². The third kappa shape index (κ3) is 3.04. The quantitative estimate of drug-likeness (QED) is 0.795. The standard InChI is InChI=1S/C19H22N4O2/c1-12-17(13(2)25-22-12)19(24)23-7-3-4-14(11-23)8-15-9-16-5-6-20-18(16)21-10-15/h5-6,9-10,14H,3-4,7-8,11H2,1-2H3,(H,20,21)/t14-/m0/s1. The summed E-state index contributed by atoms with van der Waals surface area (Å²) < 4.78 is 5.15. The molecule has 3 aromatic rings. The molecule has 0 radical (unpaired) electrons. The van der Waals surface area contributed by atoms with Gasteiger partial charge < -0.3 is 14.4 Å². The third-order valence-electron chi connectivity index (χ3n) is 5.03. The van der Waals surface area contributed by atoms with E-state index in [0.717, 1.165) is 43.4 Å². The molecule has 1 atom stereocenters. The normalized spacial score (nSPS) is 18.0. The van der Waals surface area contributed by atoms with Crippen LogP contribution in [0.2, 0.25) is 0 Å². The molecule has 6 heteroatoms. The van der Waals surface area contributed by atoms with E-state index in [9.17, 15) is 4.79 Å². The number of carbonyl (C=O) groups is 1. The zero-order valence-electron chi connectivity index (χ0n) is 14.6. The summed E-state index contributed by atoms with van der Waals surface area (Å²) in [6.45, 7) is 5.19. The summed E-state index contributed by atoms with van der Waals surface area (Å²) in [5.74, 6) is 1.10. The van der Waals surface area contributed by atoms with Gasteiger partial charge in [0.1, 0.15) is 17.0 Å². The molecule has 1 saturated heterocycles. The number of aryl methyl sites for hydroxylation is 2. The molecule has 3 aromatic heterocycles. The van der Waals surface area contributed by atoms with Crippen LogP contribution in [0.15, 0.2) is 29.0 Å². The number of hydrogen-bond donors (Lipinski definition) is 1. The summed E-state index contributed by atoms with van der Waals surface area (Å²) in [6.07, 6.45) is 6.95. The number of rotatable bonds is 3. The van der Waals surface area contributed by atoms with E-state index in [1.165, 1.54) is 5.56 Å². The number of hydrogen-bond acceptors (Lipinski definition) is 4. The SMILES string of the molecule is Cc1noc(C)c1C(=O)N1CCC[C@@H](Cc2cnc3[nH]ccc3c2)C1. The van der Waals surface area contributed by atoms with Crippen LogP contribution in [0.25, 0.3) is 11.0 Å². The number of carbonyl (C=O) groups excluding carboxylic acids is 1. The fourth-order valence-electron chi connectivity index (χ4n) is 3.79. The van der Waals surface area contributed by atoms with Crippen molar-refractivity contribution in [2.24, 2.45) is 5.92 Å². The van der Waals surface area contributed by atoms with Crippen molar-refractivity contribution in [1.82, 2.24) is 20.0 Å². The van der Waals surface area contributed by atoms with Crippen LogP contribution < -0.4 is 0 Å². The third-order valence-corrected chi connectivity index (χ3v) is 5.03. The second kappa shape index (κ2) is 6.35. The van der Waals surface area contributed by atoms with Gasteiger partial charge in [0, 0.05) is 30.9 Å². The molecular formula is C19H22N4O2. The molecule has 4 heterocycles. The van der Waals surface area contributed by atoms with Crippen molar-refractivity contribution < 1.29 is 9.32 Å². The molecule has 0 unspecified atom stereocenters. The first-order valence-electron chi connectivity index (χ1n) is 8.76. The van der Waals surface area contributed by atoms with Crippen LogP contribution in [0.4, 0.5) is 0 Å². The largest absolute Gasteiger partial charge is 0.361 e. The van der Waals surface area contributed by atoms with Gasteiger partial charge in [-0.2, -0.15) is 0 Å². The van der Waals surface area contributed by atoms with Crippen molar-refractivity contribution >= 4 is 16.9 Å². The fraction of sp³-hybridized carbons (Fsp3) is 0.421. The average Bonchev–Trinajstić information content (AvgIpc) is 3.20. The number of nitrogens with one attached hydrogen (secondary N) is 1. The monoisotopic (exact) mass is 338 g/mol. The Morgan fingerprint density at radius 1 is 1.44 bits per heavy atom. The van der Waals surface area contributed by atoms with Crippen molar-refractivity contribution in [3.05, 3.63) is 47.1 Å². The molecule has 1 amide bonds. The lowest BCUT2D eigenvalue weighted by molar-refractivity contribution is 0.0671. The zero-order chi connectivity index (χ0) is 17.4. The van der Waals surface area contributed by atoms with E-state index in [0.29, 0.717) is 22.9 Å². The molecule has 0 saturated carbocycles. The molecule has 0 aromatic carbocycles. The lowest BCUT2D eigenvalue weighted by Crippen LogP contribution is -2.40. The Morgan fingerprint density at radius 3 is 3.12 bits per heavy atom. The van der Waals surface area contributed by atoms with E-state index < -0.39 is 0 Å². The highest BCUT2D eigenvalue weighted by Gasteiger charge is 2.28. The number of nitrogens with zero attached hydrogens (tertiary/aromatic N) is 3. The first-order valence-corrected chi connectivity index (χ1v) is 8.76. The van der Waals surface area contributed by atoms with Crippen LogP contribution in [0.3, 0.4) is 0 Å². The first-order chi connectivity index (χ1) is 12.1. The molecule has 0 aliphatic carbocycles. The number of H-pyrrole nitrogens is 1. The fourth-order valence-corrected chi connectivity index (χ4v) is 3.79. The number of pyridine rings is 1. The van der Waals surface area contributed by atoms with Crippen molar-refractivity contribution in [2.75, 3.05) is 13.1 Å². The number of aromatic amines is 1. The Bertz CT molecular complexity index is 892. The van der Waals surface area contributed by atoms with Gasteiger partial charge in [-0.3, -0.25) is 4.79 Å². The molecule has 1 fully saturated rings. The Hall–Kier alpha value is -2.63. The zero-order valence-corrected chi connectivity index (χ0v) is 14.6. The maximum Gasteiger partial charge on any atom is 0.259 e. The molecule has 1 aliphatic rings. The molecule has 6 nitrogen and oxygen atoms in total. The summed E-state index contributed by atoms with van der Waals surface area (Å²) in [5, 5.41) is 5.05. The minimum atomic E-state index is 0.0418. The summed E-state index contributed by atoms with van der Waals surface area (Å²) in [6, 6.07) is 4.23. The smallest absolute Gasteiger partial charge is 0.259 e. The van der Waals surface area contributed by atoms with Crippen molar-refractivity contribution in [1.29, 1.82) is 0 Å². The van der Waals surface area contributed by atoms with Gasteiger partial charge >= 0.3 is 0 Å². The highest BCUT2D eigenvalue weighted by Crippen LogP contribution is 2.24. The van der Waals surface area contributed by atoms with E-state index in [1.54, 1.807) is 6.92 Å². The molecule has 4 rings (SSSR count). The van der Waals surface area contributed by atoms with E-state index in [1.807, 2.05) is 30.3 Å². The van der Waals surface area contributed by atoms with E-state index in [4.69, 9.17) is 4.52 Å². The predicted molar refractivity (Wildman–Crippen MR) is 94.4 cm³/mol. The van der Waals surface area contributed by atoms with Gasteiger partial charge in [0.05, 0.1) is 5.69 Å². The number of piperidine rings is 1. The molecule has 1 N–H and O–H groups in total. The molecule has 130 valence electrons. The first kappa shape index (κ1) is 15.9. The van der Waals surface area contributed by atoms with Crippen LogP contribution in [0.5, 0.6) is 0 Å². The van der Waals surface area contributed by atoms with Gasteiger partial charge in [0.15, 0.2) is 0 Å². The molecule has 0 spiro atoms. The van der Waals surface area contributed by atoms with Crippen LogP contribution in [0, 0.1) is 19.8 Å². The minimum Gasteiger partial charge on any atom is -0.361 e. The lowest BCUT2D eigenvalue weighted by atomic mass is 9.91. The van der Waals surface area contributed by atoms with Crippen LogP contribution in [-0.4, -0.2) is 39.0 Å². The summed E-state index contributed by atoms with van der Waals surface area (Å²) in [7, 11) is 0. The Morgan fingerprint density at radius 2 is 2.32 bits per heavy atom. The topological polar surface area (TPSA) is 75.0 Å². The number of likely N-dealkylation sites (tertiary alicyclic amines) is 1. The van der Waals surface area contributed by atoms with Gasteiger partial charge in [0.25, 0.3) is 5.91 Å². The highest BCUT2D eigenvalue weighted by molar-refractivity contribution is 5.96. The van der Waals surface area contributed by atoms with Crippen molar-refractivity contribution in [3.63, 3.8) is 0 Å². The number of fused-ring (bicyclic) bond motifs is 1. The maximum absolute atomic E-state index is 12.9. The number of amides is 1. The Balaban J connectivity index is 1.48. The Labute approximate surface area is 146 Å². The maximum atomic E-state index is 12.9. The van der Waals surface area contributed by atoms with Crippen LogP contribution in [-0.2, 0) is 6.42 Å². The van der Waals surface area contributed by atoms with Gasteiger partial charge in [-0.05, 0) is 56.7 Å². The van der Waals surface area contributed by atoms with Gasteiger partial charge in [0.2, 0.25) is 0 Å². The van der Waals surface area contributed by atoms with Crippen LogP contribution in [0.1, 0.15) is 40.2 Å². The lowest BCUT2D eigenvalue weighted by Gasteiger charge is -2.32. The Kier molecular flexibility index (Phi) is 4.03. The number of aromatic nitrogens is 3. The highest BCUT2D eigenvalue weighted by atomic mass is 16.5. The van der Waals surface area contributed by atoms with Gasteiger partial charge in [-0.15, -0.1) is 0 Å². The average molecular weight is 338 g/mol. The molecule has 1 aliphatic heterocycles. The summed E-state index contributed by atoms with van der Waals surface area (Å²) >= 11 is 0. The summed E-state index contributed by atoms with van der Waals surface area (Å²) in [5.41, 5.74) is 3.44. The molecular weight excluding hydrogens is 316 g/mol. The van der Waals surface area contributed by atoms with E-state index in [-0.39, 0.29) is 5.91 Å². The second-order valence-electron chi connectivity index (χ2n) is 6.92. The summed E-state index contributed by atoms with van der Waals surface area (Å²) in [4.78, 5) is 22.4. The minimum absolute atomic E-state index is 0.0418. The second-order valence-corrected chi connectivity index (χ2v) is 6.92. The van der Waals surface area contributed by atoms with Gasteiger partial charge in [-0.25, -0.2) is 4.98 Å². The van der Waals surface area contributed by atoms with Crippen LogP contribution >= 0.6 is 0 Å². The molecule has 25 heavy (non-hydrogen) atoms. The van der Waals surface area contributed by atoms with E-state index >= 15 is 0 Å².